The Hall–Kier alpha value is -0.770. The van der Waals surface area contributed by atoms with Crippen molar-refractivity contribution in [1.82, 2.24) is 0 Å². The fraction of sp³-hybridized carbons (Fsp3) is 0.727. The first-order valence-corrected chi connectivity index (χ1v) is 4.76. The zero-order valence-corrected chi connectivity index (χ0v) is 8.01. The first-order valence-electron chi connectivity index (χ1n) is 4.76. The fourth-order valence-corrected chi connectivity index (χ4v) is 1.81. The Bertz CT molecular complexity index is 210. The SMILES string of the molecule is CC1=CCC(C(C)CC#N)CC1. The molecule has 1 aliphatic rings. The number of nitriles is 1. The highest BCUT2D eigenvalue weighted by Gasteiger charge is 2.18. The van der Waals surface area contributed by atoms with Gasteiger partial charge < -0.3 is 0 Å². The van der Waals surface area contributed by atoms with E-state index in [2.05, 4.69) is 26.0 Å². The van der Waals surface area contributed by atoms with Crippen molar-refractivity contribution in [1.29, 1.82) is 5.26 Å². The lowest BCUT2D eigenvalue weighted by Gasteiger charge is -2.24. The van der Waals surface area contributed by atoms with Gasteiger partial charge in [0.2, 0.25) is 0 Å². The van der Waals surface area contributed by atoms with E-state index in [0.29, 0.717) is 5.92 Å². The fourth-order valence-electron chi connectivity index (χ4n) is 1.81. The molecule has 1 rings (SSSR count). The molecule has 0 aromatic heterocycles. The Morgan fingerprint density at radius 2 is 2.50 bits per heavy atom. The van der Waals surface area contributed by atoms with Crippen molar-refractivity contribution in [2.45, 2.75) is 39.5 Å². The van der Waals surface area contributed by atoms with Crippen LogP contribution in [-0.4, -0.2) is 0 Å². The van der Waals surface area contributed by atoms with Gasteiger partial charge in [-0.15, -0.1) is 0 Å². The highest BCUT2D eigenvalue weighted by atomic mass is 14.3. The van der Waals surface area contributed by atoms with Gasteiger partial charge in [0.15, 0.2) is 0 Å². The summed E-state index contributed by atoms with van der Waals surface area (Å²) in [6, 6.07) is 2.26. The normalized spacial score (nSPS) is 25.8. The number of hydrogen-bond donors (Lipinski definition) is 0. The summed E-state index contributed by atoms with van der Waals surface area (Å²) in [5, 5.41) is 8.55. The Labute approximate surface area is 75.1 Å². The zero-order chi connectivity index (χ0) is 8.97. The second kappa shape index (κ2) is 4.30. The maximum absolute atomic E-state index is 8.55. The Morgan fingerprint density at radius 3 is 3.00 bits per heavy atom. The quantitative estimate of drug-likeness (QED) is 0.573. The maximum atomic E-state index is 8.55. The van der Waals surface area contributed by atoms with Gasteiger partial charge in [0, 0.05) is 6.42 Å². The second-order valence-electron chi connectivity index (χ2n) is 3.92. The molecule has 0 bridgehead atoms. The molecule has 12 heavy (non-hydrogen) atoms. The average Bonchev–Trinajstić information content (AvgIpc) is 2.06. The molecule has 0 aliphatic heterocycles. The minimum Gasteiger partial charge on any atom is -0.198 e. The third-order valence-corrected chi connectivity index (χ3v) is 2.90. The van der Waals surface area contributed by atoms with Gasteiger partial charge in [-0.1, -0.05) is 18.6 Å². The highest BCUT2D eigenvalue weighted by Crippen LogP contribution is 2.30. The van der Waals surface area contributed by atoms with Gasteiger partial charge in [-0.3, -0.25) is 0 Å². The van der Waals surface area contributed by atoms with Crippen LogP contribution >= 0.6 is 0 Å². The molecule has 1 aliphatic carbocycles. The van der Waals surface area contributed by atoms with Crippen LogP contribution in [-0.2, 0) is 0 Å². The van der Waals surface area contributed by atoms with Crippen LogP contribution in [0.25, 0.3) is 0 Å². The summed E-state index contributed by atoms with van der Waals surface area (Å²) < 4.78 is 0. The summed E-state index contributed by atoms with van der Waals surface area (Å²) in [4.78, 5) is 0. The number of hydrogen-bond acceptors (Lipinski definition) is 1. The Kier molecular flexibility index (Phi) is 3.34. The van der Waals surface area contributed by atoms with Crippen LogP contribution in [0.1, 0.15) is 39.5 Å². The Balaban J connectivity index is 2.41. The lowest BCUT2D eigenvalue weighted by molar-refractivity contribution is 0.332. The third-order valence-electron chi connectivity index (χ3n) is 2.90. The van der Waals surface area contributed by atoms with E-state index < -0.39 is 0 Å². The molecular weight excluding hydrogens is 146 g/mol. The smallest absolute Gasteiger partial charge is 0.0624 e. The molecule has 0 saturated carbocycles. The van der Waals surface area contributed by atoms with E-state index in [1.807, 2.05) is 0 Å². The van der Waals surface area contributed by atoms with E-state index in [-0.39, 0.29) is 0 Å². The summed E-state index contributed by atoms with van der Waals surface area (Å²) in [6.07, 6.45) is 6.76. The molecule has 0 spiro atoms. The summed E-state index contributed by atoms with van der Waals surface area (Å²) in [7, 11) is 0. The number of rotatable bonds is 2. The average molecular weight is 163 g/mol. The molecule has 66 valence electrons. The standard InChI is InChI=1S/C11H17N/c1-9-3-5-11(6-4-9)10(2)7-8-12/h3,10-11H,4-7H2,1-2H3. The van der Waals surface area contributed by atoms with Gasteiger partial charge in [0.1, 0.15) is 0 Å². The summed E-state index contributed by atoms with van der Waals surface area (Å²) in [5.41, 5.74) is 1.52. The van der Waals surface area contributed by atoms with Gasteiger partial charge in [0.25, 0.3) is 0 Å². The van der Waals surface area contributed by atoms with Gasteiger partial charge >= 0.3 is 0 Å². The van der Waals surface area contributed by atoms with E-state index in [1.165, 1.54) is 24.8 Å². The molecule has 2 atom stereocenters. The predicted molar refractivity (Wildman–Crippen MR) is 50.5 cm³/mol. The van der Waals surface area contributed by atoms with Crippen LogP contribution < -0.4 is 0 Å². The van der Waals surface area contributed by atoms with E-state index in [1.54, 1.807) is 0 Å². The summed E-state index contributed by atoms with van der Waals surface area (Å²) >= 11 is 0. The molecule has 0 saturated heterocycles. The highest BCUT2D eigenvalue weighted by molar-refractivity contribution is 5.03. The van der Waals surface area contributed by atoms with E-state index in [0.717, 1.165) is 12.3 Å². The van der Waals surface area contributed by atoms with Crippen LogP contribution in [0.4, 0.5) is 0 Å². The molecule has 0 N–H and O–H groups in total. The van der Waals surface area contributed by atoms with Gasteiger partial charge in [-0.05, 0) is 38.0 Å². The first kappa shape index (κ1) is 9.32. The summed E-state index contributed by atoms with van der Waals surface area (Å²) in [6.45, 7) is 4.40. The molecule has 2 unspecified atom stereocenters. The lowest BCUT2D eigenvalue weighted by atomic mass is 9.81. The van der Waals surface area contributed by atoms with Crippen molar-refractivity contribution in [2.75, 3.05) is 0 Å². The van der Waals surface area contributed by atoms with E-state index in [9.17, 15) is 0 Å². The van der Waals surface area contributed by atoms with Gasteiger partial charge in [-0.2, -0.15) is 5.26 Å². The molecular formula is C11H17N. The van der Waals surface area contributed by atoms with Crippen molar-refractivity contribution >= 4 is 0 Å². The second-order valence-corrected chi connectivity index (χ2v) is 3.92. The van der Waals surface area contributed by atoms with Crippen LogP contribution in [0, 0.1) is 23.2 Å². The molecule has 0 amide bonds. The molecule has 0 radical (unpaired) electrons. The van der Waals surface area contributed by atoms with Crippen molar-refractivity contribution < 1.29 is 0 Å². The number of nitrogens with zero attached hydrogens (tertiary/aromatic N) is 1. The molecule has 1 nitrogen and oxygen atoms in total. The van der Waals surface area contributed by atoms with E-state index >= 15 is 0 Å². The molecule has 0 aromatic carbocycles. The van der Waals surface area contributed by atoms with Crippen LogP contribution in [0.2, 0.25) is 0 Å². The summed E-state index contributed by atoms with van der Waals surface area (Å²) in [5.74, 6) is 1.34. The minimum absolute atomic E-state index is 0.583. The van der Waals surface area contributed by atoms with Crippen molar-refractivity contribution in [2.24, 2.45) is 11.8 Å². The Morgan fingerprint density at radius 1 is 1.75 bits per heavy atom. The maximum Gasteiger partial charge on any atom is 0.0624 e. The van der Waals surface area contributed by atoms with Crippen molar-refractivity contribution in [3.05, 3.63) is 11.6 Å². The molecule has 0 aromatic rings. The molecule has 1 heteroatoms. The molecule has 0 heterocycles. The first-order chi connectivity index (χ1) is 5.74. The lowest BCUT2D eigenvalue weighted by Crippen LogP contribution is -2.13. The van der Waals surface area contributed by atoms with Crippen LogP contribution in [0.3, 0.4) is 0 Å². The van der Waals surface area contributed by atoms with Crippen molar-refractivity contribution in [3.63, 3.8) is 0 Å². The van der Waals surface area contributed by atoms with Gasteiger partial charge in [0.05, 0.1) is 6.07 Å². The minimum atomic E-state index is 0.583. The van der Waals surface area contributed by atoms with Crippen LogP contribution in [0.5, 0.6) is 0 Å². The van der Waals surface area contributed by atoms with Gasteiger partial charge in [-0.25, -0.2) is 0 Å². The largest absolute Gasteiger partial charge is 0.198 e. The van der Waals surface area contributed by atoms with E-state index in [4.69, 9.17) is 5.26 Å². The molecule has 0 fully saturated rings. The zero-order valence-electron chi connectivity index (χ0n) is 8.01. The topological polar surface area (TPSA) is 23.8 Å². The number of allylic oxidation sites excluding steroid dienone is 2. The van der Waals surface area contributed by atoms with Crippen LogP contribution in [0.15, 0.2) is 11.6 Å². The third kappa shape index (κ3) is 2.37. The monoisotopic (exact) mass is 163 g/mol. The van der Waals surface area contributed by atoms with Crippen molar-refractivity contribution in [3.8, 4) is 6.07 Å². The predicted octanol–water partition coefficient (Wildman–Crippen LogP) is 3.28.